The van der Waals surface area contributed by atoms with E-state index in [-0.39, 0.29) is 6.61 Å². The van der Waals surface area contributed by atoms with Crippen LogP contribution in [0.3, 0.4) is 0 Å². The van der Waals surface area contributed by atoms with Crippen molar-refractivity contribution in [2.24, 2.45) is 0 Å². The van der Waals surface area contributed by atoms with Crippen LogP contribution < -0.4 is 14.2 Å². The predicted octanol–water partition coefficient (Wildman–Crippen LogP) is 3.51. The fraction of sp³-hybridized carbons (Fsp3) is 0.222. The van der Waals surface area contributed by atoms with Gasteiger partial charge < -0.3 is 19.3 Å². The lowest BCUT2D eigenvalue weighted by molar-refractivity contribution is 0.283. The fourth-order valence-corrected chi connectivity index (χ4v) is 2.87. The zero-order valence-corrected chi connectivity index (χ0v) is 12.8. The summed E-state index contributed by atoms with van der Waals surface area (Å²) in [4.78, 5) is 0. The molecule has 3 rings (SSSR count). The molecule has 0 atom stereocenters. The molecule has 0 aliphatic carbocycles. The van der Waals surface area contributed by atoms with Crippen molar-refractivity contribution in [2.45, 2.75) is 6.61 Å². The Balaban J connectivity index is 2.51. The average molecular weight is 298 g/mol. The van der Waals surface area contributed by atoms with E-state index in [2.05, 4.69) is 0 Å². The minimum Gasteiger partial charge on any atom is -0.497 e. The topological polar surface area (TPSA) is 47.9 Å². The van der Waals surface area contributed by atoms with Gasteiger partial charge in [-0.15, -0.1) is 0 Å². The zero-order valence-electron chi connectivity index (χ0n) is 12.8. The van der Waals surface area contributed by atoms with Crippen LogP contribution in [-0.2, 0) is 6.61 Å². The molecule has 4 nitrogen and oxygen atoms in total. The predicted molar refractivity (Wildman–Crippen MR) is 87.0 cm³/mol. The Bertz CT molecular complexity index is 839. The van der Waals surface area contributed by atoms with Gasteiger partial charge in [0.25, 0.3) is 0 Å². The summed E-state index contributed by atoms with van der Waals surface area (Å²) in [6.45, 7) is -0.0425. The lowest BCUT2D eigenvalue weighted by Crippen LogP contribution is -1.95. The van der Waals surface area contributed by atoms with Gasteiger partial charge in [0, 0.05) is 5.39 Å². The molecule has 0 fully saturated rings. The fourth-order valence-electron chi connectivity index (χ4n) is 2.87. The Labute approximate surface area is 128 Å². The normalized spacial score (nSPS) is 10.9. The number of hydrogen-bond acceptors (Lipinski definition) is 4. The highest BCUT2D eigenvalue weighted by Crippen LogP contribution is 2.41. The second kappa shape index (κ2) is 5.73. The van der Waals surface area contributed by atoms with Gasteiger partial charge in [-0.1, -0.05) is 6.07 Å². The number of aliphatic hydroxyl groups is 1. The first-order valence-electron chi connectivity index (χ1n) is 6.98. The first kappa shape index (κ1) is 14.5. The molecule has 0 saturated heterocycles. The number of hydrogen-bond donors (Lipinski definition) is 1. The van der Waals surface area contributed by atoms with Crippen LogP contribution in [0.25, 0.3) is 21.5 Å². The smallest absolute Gasteiger partial charge is 0.169 e. The van der Waals surface area contributed by atoms with E-state index < -0.39 is 0 Å². The van der Waals surface area contributed by atoms with Crippen LogP contribution >= 0.6 is 0 Å². The second-order valence-corrected chi connectivity index (χ2v) is 5.00. The van der Waals surface area contributed by atoms with E-state index in [0.717, 1.165) is 32.9 Å². The van der Waals surface area contributed by atoms with Gasteiger partial charge in [0.05, 0.1) is 27.9 Å². The Kier molecular flexibility index (Phi) is 3.77. The first-order chi connectivity index (χ1) is 10.7. The monoisotopic (exact) mass is 298 g/mol. The molecule has 0 amide bonds. The van der Waals surface area contributed by atoms with Crippen molar-refractivity contribution in [3.63, 3.8) is 0 Å². The van der Waals surface area contributed by atoms with Crippen LogP contribution in [-0.4, -0.2) is 26.4 Å². The third-order valence-electron chi connectivity index (χ3n) is 3.92. The molecule has 1 N–H and O–H groups in total. The SMILES string of the molecule is COc1ccc2c(c1)cc(CO)c1ccc(OC)c(OC)c12. The second-order valence-electron chi connectivity index (χ2n) is 5.00. The van der Waals surface area contributed by atoms with Gasteiger partial charge in [-0.3, -0.25) is 0 Å². The van der Waals surface area contributed by atoms with Crippen molar-refractivity contribution >= 4 is 21.5 Å². The molecular formula is C18H18O4. The van der Waals surface area contributed by atoms with E-state index in [0.29, 0.717) is 11.5 Å². The van der Waals surface area contributed by atoms with Crippen molar-refractivity contribution in [1.29, 1.82) is 0 Å². The highest BCUT2D eigenvalue weighted by Gasteiger charge is 2.15. The van der Waals surface area contributed by atoms with Gasteiger partial charge in [-0.25, -0.2) is 0 Å². The largest absolute Gasteiger partial charge is 0.497 e. The molecule has 0 aliphatic heterocycles. The molecule has 0 spiro atoms. The molecule has 0 radical (unpaired) electrons. The molecule has 0 heterocycles. The Hall–Kier alpha value is -2.46. The van der Waals surface area contributed by atoms with Crippen molar-refractivity contribution in [3.05, 3.63) is 42.0 Å². The van der Waals surface area contributed by atoms with E-state index in [9.17, 15) is 5.11 Å². The molecule has 0 aliphatic rings. The number of fused-ring (bicyclic) bond motifs is 3. The Morgan fingerprint density at radius 1 is 0.864 bits per heavy atom. The lowest BCUT2D eigenvalue weighted by atomic mass is 9.96. The van der Waals surface area contributed by atoms with Crippen molar-refractivity contribution in [1.82, 2.24) is 0 Å². The van der Waals surface area contributed by atoms with E-state index in [1.807, 2.05) is 36.4 Å². The van der Waals surface area contributed by atoms with Gasteiger partial charge in [0.2, 0.25) is 0 Å². The van der Waals surface area contributed by atoms with E-state index in [4.69, 9.17) is 14.2 Å². The molecule has 22 heavy (non-hydrogen) atoms. The van der Waals surface area contributed by atoms with Crippen molar-refractivity contribution in [2.75, 3.05) is 21.3 Å². The maximum absolute atomic E-state index is 9.71. The lowest BCUT2D eigenvalue weighted by Gasteiger charge is -2.15. The number of rotatable bonds is 4. The molecule has 0 unspecified atom stereocenters. The summed E-state index contributed by atoms with van der Waals surface area (Å²) in [6.07, 6.45) is 0. The maximum Gasteiger partial charge on any atom is 0.169 e. The van der Waals surface area contributed by atoms with Crippen LogP contribution in [0.15, 0.2) is 36.4 Å². The number of aliphatic hydroxyl groups excluding tert-OH is 1. The van der Waals surface area contributed by atoms with Crippen molar-refractivity contribution < 1.29 is 19.3 Å². The quantitative estimate of drug-likeness (QED) is 0.749. The summed E-state index contributed by atoms with van der Waals surface area (Å²) in [7, 11) is 4.88. The van der Waals surface area contributed by atoms with E-state index >= 15 is 0 Å². The zero-order chi connectivity index (χ0) is 15.7. The van der Waals surface area contributed by atoms with Gasteiger partial charge in [0.15, 0.2) is 11.5 Å². The molecule has 3 aromatic rings. The summed E-state index contributed by atoms with van der Waals surface area (Å²) in [5, 5.41) is 13.6. The van der Waals surface area contributed by atoms with E-state index in [1.165, 1.54) is 0 Å². The van der Waals surface area contributed by atoms with Crippen LogP contribution in [0.1, 0.15) is 5.56 Å². The van der Waals surface area contributed by atoms with Gasteiger partial charge in [-0.2, -0.15) is 0 Å². The van der Waals surface area contributed by atoms with E-state index in [1.54, 1.807) is 21.3 Å². The third-order valence-corrected chi connectivity index (χ3v) is 3.92. The molecule has 114 valence electrons. The standard InChI is InChI=1S/C18H18O4/c1-20-13-4-5-14-11(9-13)8-12(10-19)15-6-7-16(21-2)18(22-3)17(14)15/h4-9,19H,10H2,1-3H3. The van der Waals surface area contributed by atoms with Crippen LogP contribution in [0.2, 0.25) is 0 Å². The number of benzene rings is 3. The highest BCUT2D eigenvalue weighted by molar-refractivity contribution is 6.13. The molecule has 0 saturated carbocycles. The molecule has 0 aromatic heterocycles. The summed E-state index contributed by atoms with van der Waals surface area (Å²) < 4.78 is 16.3. The summed E-state index contributed by atoms with van der Waals surface area (Å²) in [6, 6.07) is 11.7. The van der Waals surface area contributed by atoms with Gasteiger partial charge in [-0.05, 0) is 52.1 Å². The van der Waals surface area contributed by atoms with Gasteiger partial charge in [0.1, 0.15) is 5.75 Å². The highest BCUT2D eigenvalue weighted by atomic mass is 16.5. The Morgan fingerprint density at radius 3 is 2.27 bits per heavy atom. The number of methoxy groups -OCH3 is 3. The molecule has 3 aromatic carbocycles. The summed E-state index contributed by atoms with van der Waals surface area (Å²) in [5.41, 5.74) is 0.844. The minimum absolute atomic E-state index is 0.0425. The first-order valence-corrected chi connectivity index (χ1v) is 6.98. The molecule has 0 bridgehead atoms. The minimum atomic E-state index is -0.0425. The average Bonchev–Trinajstić information content (AvgIpc) is 2.58. The summed E-state index contributed by atoms with van der Waals surface area (Å²) >= 11 is 0. The summed E-state index contributed by atoms with van der Waals surface area (Å²) in [5.74, 6) is 2.12. The number of ether oxygens (including phenoxy) is 3. The Morgan fingerprint density at radius 2 is 1.64 bits per heavy atom. The van der Waals surface area contributed by atoms with Crippen LogP contribution in [0, 0.1) is 0 Å². The molecular weight excluding hydrogens is 280 g/mol. The maximum atomic E-state index is 9.71. The van der Waals surface area contributed by atoms with Crippen LogP contribution in [0.5, 0.6) is 17.2 Å². The van der Waals surface area contributed by atoms with Crippen molar-refractivity contribution in [3.8, 4) is 17.2 Å². The molecule has 4 heteroatoms. The van der Waals surface area contributed by atoms with Crippen LogP contribution in [0.4, 0.5) is 0 Å². The van der Waals surface area contributed by atoms with Gasteiger partial charge >= 0.3 is 0 Å². The third kappa shape index (κ3) is 2.12.